The van der Waals surface area contributed by atoms with Crippen molar-refractivity contribution in [1.29, 1.82) is 0 Å². The number of hydrogen-bond donors (Lipinski definition) is 1. The zero-order chi connectivity index (χ0) is 20.1. The van der Waals surface area contributed by atoms with E-state index in [0.29, 0.717) is 50.3 Å². The number of carbonyl (C=O) groups is 2. The molecule has 1 saturated heterocycles. The predicted molar refractivity (Wildman–Crippen MR) is 103 cm³/mol. The van der Waals surface area contributed by atoms with Crippen molar-refractivity contribution >= 4 is 18.0 Å². The molecule has 0 unspecified atom stereocenters. The molecule has 1 aliphatic rings. The zero-order valence-electron chi connectivity index (χ0n) is 15.5. The van der Waals surface area contributed by atoms with E-state index in [1.54, 1.807) is 18.3 Å². The minimum absolute atomic E-state index is 0.184. The second-order valence-electron chi connectivity index (χ2n) is 6.98. The van der Waals surface area contributed by atoms with Crippen molar-refractivity contribution in [3.63, 3.8) is 0 Å². The molecule has 1 fully saturated rings. The number of hydrogen-bond acceptors (Lipinski definition) is 5. The van der Waals surface area contributed by atoms with Gasteiger partial charge in [0, 0.05) is 31.6 Å². The number of anilines is 1. The van der Waals surface area contributed by atoms with E-state index in [0.717, 1.165) is 11.8 Å². The Morgan fingerprint density at radius 1 is 1.25 bits per heavy atom. The van der Waals surface area contributed by atoms with Gasteiger partial charge in [-0.15, -0.1) is 0 Å². The molecule has 8 heteroatoms. The van der Waals surface area contributed by atoms with Crippen LogP contribution >= 0.6 is 0 Å². The normalized spacial score (nSPS) is 14.8. The third-order valence-electron chi connectivity index (χ3n) is 4.99. The third-order valence-corrected chi connectivity index (χ3v) is 4.99. The highest BCUT2D eigenvalue weighted by molar-refractivity contribution is 5.76. The van der Waals surface area contributed by atoms with E-state index >= 15 is 0 Å². The van der Waals surface area contributed by atoms with Gasteiger partial charge in [-0.05, 0) is 37.0 Å². The van der Waals surface area contributed by atoms with Gasteiger partial charge in [-0.2, -0.15) is 0 Å². The van der Waals surface area contributed by atoms with Crippen LogP contribution in [0.3, 0.4) is 0 Å². The largest absolute Gasteiger partial charge is 0.369 e. The Hall–Kier alpha value is -3.03. The molecular weight excluding hydrogens is 363 g/mol. The topological polar surface area (TPSA) is 98.3 Å². The number of halogens is 1. The van der Waals surface area contributed by atoms with Crippen LogP contribution in [0.1, 0.15) is 30.5 Å². The summed E-state index contributed by atoms with van der Waals surface area (Å²) in [5.41, 5.74) is 6.56. The summed E-state index contributed by atoms with van der Waals surface area (Å²) in [5, 5.41) is 0. The van der Waals surface area contributed by atoms with E-state index in [9.17, 15) is 18.8 Å². The molecule has 1 amide bonds. The van der Waals surface area contributed by atoms with Gasteiger partial charge in [0.25, 0.3) is 5.56 Å². The molecule has 28 heavy (non-hydrogen) atoms. The number of carbonyl (C=O) groups excluding carboxylic acids is 2. The first-order valence-corrected chi connectivity index (χ1v) is 9.30. The fraction of sp³-hybridized carbons (Fsp3) is 0.400. The molecule has 0 bridgehead atoms. The van der Waals surface area contributed by atoms with Gasteiger partial charge in [0.1, 0.15) is 12.1 Å². The summed E-state index contributed by atoms with van der Waals surface area (Å²) in [6.07, 6.45) is 4.35. The number of primary amides is 1. The van der Waals surface area contributed by atoms with Gasteiger partial charge in [0.2, 0.25) is 5.91 Å². The summed E-state index contributed by atoms with van der Waals surface area (Å²) in [5.74, 6) is -0.527. The van der Waals surface area contributed by atoms with Gasteiger partial charge in [-0.25, -0.2) is 9.37 Å². The lowest BCUT2D eigenvalue weighted by atomic mass is 9.96. The average Bonchev–Trinajstić information content (AvgIpc) is 2.70. The second kappa shape index (κ2) is 8.77. The molecule has 2 heterocycles. The van der Waals surface area contributed by atoms with E-state index in [4.69, 9.17) is 5.73 Å². The number of benzene rings is 1. The quantitative estimate of drug-likeness (QED) is 0.723. The van der Waals surface area contributed by atoms with Crippen molar-refractivity contribution in [2.24, 2.45) is 11.7 Å². The van der Waals surface area contributed by atoms with Crippen molar-refractivity contribution in [3.05, 3.63) is 57.9 Å². The highest BCUT2D eigenvalue weighted by Crippen LogP contribution is 2.20. The molecule has 2 N–H and O–H groups in total. The van der Waals surface area contributed by atoms with Crippen LogP contribution in [0, 0.1) is 11.7 Å². The maximum atomic E-state index is 13.2. The Bertz CT molecular complexity index is 903. The van der Waals surface area contributed by atoms with Crippen molar-refractivity contribution in [3.8, 4) is 0 Å². The van der Waals surface area contributed by atoms with Crippen LogP contribution in [0.2, 0.25) is 0 Å². The monoisotopic (exact) mass is 386 g/mol. The van der Waals surface area contributed by atoms with Crippen molar-refractivity contribution in [1.82, 2.24) is 9.55 Å². The predicted octanol–water partition coefficient (Wildman–Crippen LogP) is 1.26. The molecule has 148 valence electrons. The smallest absolute Gasteiger partial charge is 0.293 e. The van der Waals surface area contributed by atoms with E-state index in [1.165, 1.54) is 16.7 Å². The Kier molecular flexibility index (Phi) is 6.18. The van der Waals surface area contributed by atoms with Gasteiger partial charge in [0.05, 0.1) is 12.2 Å². The zero-order valence-corrected chi connectivity index (χ0v) is 15.5. The second-order valence-corrected chi connectivity index (χ2v) is 6.98. The lowest BCUT2D eigenvalue weighted by Gasteiger charge is -2.31. The Morgan fingerprint density at radius 3 is 2.54 bits per heavy atom. The van der Waals surface area contributed by atoms with Crippen LogP contribution < -0.4 is 16.2 Å². The van der Waals surface area contributed by atoms with E-state index in [-0.39, 0.29) is 29.7 Å². The third kappa shape index (κ3) is 4.62. The van der Waals surface area contributed by atoms with Crippen molar-refractivity contribution < 1.29 is 14.0 Å². The van der Waals surface area contributed by atoms with Crippen molar-refractivity contribution in [2.75, 3.05) is 18.0 Å². The maximum Gasteiger partial charge on any atom is 0.293 e. The first kappa shape index (κ1) is 19.7. The van der Waals surface area contributed by atoms with Gasteiger partial charge in [0.15, 0.2) is 5.82 Å². The van der Waals surface area contributed by atoms with Crippen LogP contribution in [-0.2, 0) is 22.6 Å². The first-order chi connectivity index (χ1) is 13.5. The van der Waals surface area contributed by atoms with Gasteiger partial charge in [-0.3, -0.25) is 9.59 Å². The standard InChI is InChI=1S/C20H23FN4O3/c21-16-5-3-14(4-6-16)12-25-13-17(2-1-11-26)23-19(20(25)28)24-9-7-15(8-10-24)18(22)27/h3-6,11,13,15H,1-2,7-10,12H2,(H2,22,27). The molecule has 0 spiro atoms. The molecule has 0 saturated carbocycles. The molecule has 2 aromatic rings. The molecule has 3 rings (SSSR count). The molecule has 1 aromatic heterocycles. The summed E-state index contributed by atoms with van der Waals surface area (Å²) in [6, 6.07) is 5.96. The summed E-state index contributed by atoms with van der Waals surface area (Å²) in [7, 11) is 0. The first-order valence-electron chi connectivity index (χ1n) is 9.30. The fourth-order valence-electron chi connectivity index (χ4n) is 3.39. The van der Waals surface area contributed by atoms with Crippen LogP contribution in [0.4, 0.5) is 10.2 Å². The molecule has 1 aliphatic heterocycles. The summed E-state index contributed by atoms with van der Waals surface area (Å²) in [6.45, 7) is 1.31. The number of piperidine rings is 1. The van der Waals surface area contributed by atoms with Crippen LogP contribution in [0.5, 0.6) is 0 Å². The Labute approximate surface area is 162 Å². The highest BCUT2D eigenvalue weighted by Gasteiger charge is 2.26. The average molecular weight is 386 g/mol. The Balaban J connectivity index is 1.90. The number of nitrogens with two attached hydrogens (primary N) is 1. The Morgan fingerprint density at radius 2 is 1.93 bits per heavy atom. The van der Waals surface area contributed by atoms with Gasteiger partial charge in [-0.1, -0.05) is 12.1 Å². The number of aldehydes is 1. The van der Waals surface area contributed by atoms with E-state index in [1.807, 2.05) is 4.90 Å². The summed E-state index contributed by atoms with van der Waals surface area (Å²) < 4.78 is 14.7. The minimum Gasteiger partial charge on any atom is -0.369 e. The number of amides is 1. The number of aromatic nitrogens is 2. The molecule has 1 aromatic carbocycles. The van der Waals surface area contributed by atoms with E-state index < -0.39 is 0 Å². The number of aryl methyl sites for hydroxylation is 1. The fourth-order valence-corrected chi connectivity index (χ4v) is 3.39. The number of nitrogens with zero attached hydrogens (tertiary/aromatic N) is 3. The summed E-state index contributed by atoms with van der Waals surface area (Å²) in [4.78, 5) is 41.5. The highest BCUT2D eigenvalue weighted by atomic mass is 19.1. The lowest BCUT2D eigenvalue weighted by molar-refractivity contribution is -0.122. The molecule has 0 radical (unpaired) electrons. The van der Waals surface area contributed by atoms with Crippen LogP contribution in [-0.4, -0.2) is 34.8 Å². The van der Waals surface area contributed by atoms with Gasteiger partial charge >= 0.3 is 0 Å². The maximum absolute atomic E-state index is 13.2. The van der Waals surface area contributed by atoms with Crippen LogP contribution in [0.25, 0.3) is 0 Å². The van der Waals surface area contributed by atoms with Crippen molar-refractivity contribution in [2.45, 2.75) is 32.2 Å². The minimum atomic E-state index is -0.337. The SMILES string of the molecule is NC(=O)C1CCN(c2nc(CCC=O)cn(Cc3ccc(F)cc3)c2=O)CC1. The van der Waals surface area contributed by atoms with E-state index in [2.05, 4.69) is 4.98 Å². The van der Waals surface area contributed by atoms with Gasteiger partial charge < -0.3 is 20.0 Å². The summed E-state index contributed by atoms with van der Waals surface area (Å²) >= 11 is 0. The molecule has 7 nitrogen and oxygen atoms in total. The number of rotatable bonds is 7. The van der Waals surface area contributed by atoms with Crippen LogP contribution in [0.15, 0.2) is 35.3 Å². The molecule has 0 atom stereocenters. The lowest BCUT2D eigenvalue weighted by Crippen LogP contribution is -2.42. The molecule has 0 aliphatic carbocycles. The molecular formula is C20H23FN4O3.